The highest BCUT2D eigenvalue weighted by atomic mass is 16.5. The minimum Gasteiger partial charge on any atom is -0.475 e. The number of benzene rings is 1. The van der Waals surface area contributed by atoms with Gasteiger partial charge >= 0.3 is 5.97 Å². The van der Waals surface area contributed by atoms with Gasteiger partial charge in [-0.3, -0.25) is 0 Å². The van der Waals surface area contributed by atoms with Crippen LogP contribution >= 0.6 is 0 Å². The Hall–Kier alpha value is -2.96. The number of carbonyl (C=O) groups is 1. The summed E-state index contributed by atoms with van der Waals surface area (Å²) in [5, 5.41) is 16.5. The Morgan fingerprint density at radius 3 is 2.63 bits per heavy atom. The van der Waals surface area contributed by atoms with E-state index >= 15 is 0 Å². The Morgan fingerprint density at radius 1 is 1.26 bits per heavy atom. The Kier molecular flexibility index (Phi) is 2.57. The van der Waals surface area contributed by atoms with Crippen molar-refractivity contribution in [1.82, 2.24) is 19.9 Å². The molecule has 0 unspecified atom stereocenters. The van der Waals surface area contributed by atoms with Gasteiger partial charge < -0.3 is 9.63 Å². The van der Waals surface area contributed by atoms with Crippen LogP contribution in [0.1, 0.15) is 10.6 Å². The van der Waals surface area contributed by atoms with Crippen molar-refractivity contribution in [3.8, 4) is 16.9 Å². The number of hydrogen-bond acceptors (Lipinski definition) is 5. The maximum atomic E-state index is 10.7. The molecule has 1 aromatic carbocycles. The van der Waals surface area contributed by atoms with E-state index in [2.05, 4.69) is 15.2 Å². The highest BCUT2D eigenvalue weighted by molar-refractivity contribution is 5.85. The molecular formula is C12H8N4O3. The number of rotatable bonds is 3. The second kappa shape index (κ2) is 4.37. The van der Waals surface area contributed by atoms with Crippen LogP contribution in [0.25, 0.3) is 16.9 Å². The molecule has 1 N–H and O–H groups in total. The Bertz CT molecular complexity index is 701. The van der Waals surface area contributed by atoms with E-state index < -0.39 is 5.97 Å². The summed E-state index contributed by atoms with van der Waals surface area (Å²) in [6.45, 7) is 0. The van der Waals surface area contributed by atoms with Crippen molar-refractivity contribution in [2.45, 2.75) is 0 Å². The average molecular weight is 256 g/mol. The molecule has 0 atom stereocenters. The third-order valence-electron chi connectivity index (χ3n) is 2.57. The fraction of sp³-hybridized carbons (Fsp3) is 0. The largest absolute Gasteiger partial charge is 0.475 e. The number of nitrogens with zero attached hydrogens (tertiary/aromatic N) is 4. The van der Waals surface area contributed by atoms with Gasteiger partial charge in [-0.25, -0.2) is 14.5 Å². The second-order valence-electron chi connectivity index (χ2n) is 3.77. The van der Waals surface area contributed by atoms with E-state index in [1.165, 1.54) is 12.4 Å². The van der Waals surface area contributed by atoms with Crippen molar-refractivity contribution in [2.75, 3.05) is 0 Å². The van der Waals surface area contributed by atoms with Crippen LogP contribution in [0.3, 0.4) is 0 Å². The van der Waals surface area contributed by atoms with Crippen LogP contribution in [0.15, 0.2) is 47.5 Å². The lowest BCUT2D eigenvalue weighted by Gasteiger charge is -2.00. The van der Waals surface area contributed by atoms with Crippen molar-refractivity contribution in [3.05, 3.63) is 48.7 Å². The molecular weight excluding hydrogens is 248 g/mol. The molecule has 0 bridgehead atoms. The molecule has 0 aliphatic carbocycles. The lowest BCUT2D eigenvalue weighted by Crippen LogP contribution is -1.93. The molecule has 0 spiro atoms. The predicted molar refractivity (Wildman–Crippen MR) is 63.8 cm³/mol. The van der Waals surface area contributed by atoms with Gasteiger partial charge in [-0.1, -0.05) is 17.3 Å². The fourth-order valence-electron chi connectivity index (χ4n) is 1.64. The first-order chi connectivity index (χ1) is 9.24. The molecule has 0 fully saturated rings. The third kappa shape index (κ3) is 2.08. The monoisotopic (exact) mass is 256 g/mol. The first-order valence-electron chi connectivity index (χ1n) is 5.39. The Balaban J connectivity index is 1.91. The molecule has 94 valence electrons. The van der Waals surface area contributed by atoms with Crippen molar-refractivity contribution in [3.63, 3.8) is 0 Å². The molecule has 2 aromatic heterocycles. The summed E-state index contributed by atoms with van der Waals surface area (Å²) in [5.74, 6) is -1.33. The standard InChI is InChI=1S/C12H8N4O3/c17-12(18)11-5-10(15-19-11)8-1-3-9(4-2-8)16-7-13-6-14-16/h1-7H,(H,17,18). The summed E-state index contributed by atoms with van der Waals surface area (Å²) in [5.41, 5.74) is 2.09. The van der Waals surface area contributed by atoms with E-state index in [-0.39, 0.29) is 5.76 Å². The van der Waals surface area contributed by atoms with Crippen LogP contribution in [0.4, 0.5) is 0 Å². The zero-order valence-electron chi connectivity index (χ0n) is 9.59. The molecule has 2 heterocycles. The minimum absolute atomic E-state index is 0.185. The Morgan fingerprint density at radius 2 is 2.05 bits per heavy atom. The summed E-state index contributed by atoms with van der Waals surface area (Å²) < 4.78 is 6.33. The lowest BCUT2D eigenvalue weighted by molar-refractivity contribution is 0.0652. The quantitative estimate of drug-likeness (QED) is 0.765. The van der Waals surface area contributed by atoms with Gasteiger partial charge in [0, 0.05) is 11.6 Å². The minimum atomic E-state index is -1.14. The van der Waals surface area contributed by atoms with Gasteiger partial charge in [-0.2, -0.15) is 5.10 Å². The van der Waals surface area contributed by atoms with Crippen LogP contribution in [0, 0.1) is 0 Å². The van der Waals surface area contributed by atoms with E-state index in [1.54, 1.807) is 23.1 Å². The van der Waals surface area contributed by atoms with E-state index in [1.807, 2.05) is 12.1 Å². The third-order valence-corrected chi connectivity index (χ3v) is 2.57. The maximum absolute atomic E-state index is 10.7. The first kappa shape index (κ1) is 11.1. The average Bonchev–Trinajstić information content (AvgIpc) is 3.11. The van der Waals surface area contributed by atoms with Gasteiger partial charge in [0.05, 0.1) is 5.69 Å². The first-order valence-corrected chi connectivity index (χ1v) is 5.39. The molecule has 0 radical (unpaired) electrons. The topological polar surface area (TPSA) is 94.0 Å². The highest BCUT2D eigenvalue weighted by Crippen LogP contribution is 2.20. The maximum Gasteiger partial charge on any atom is 0.374 e. The van der Waals surface area contributed by atoms with Gasteiger partial charge in [-0.05, 0) is 12.1 Å². The number of aromatic nitrogens is 4. The SMILES string of the molecule is O=C(O)c1cc(-c2ccc(-n3cncn3)cc2)no1. The van der Waals surface area contributed by atoms with Gasteiger partial charge in [0.2, 0.25) is 5.76 Å². The fourth-order valence-corrected chi connectivity index (χ4v) is 1.64. The van der Waals surface area contributed by atoms with Crippen molar-refractivity contribution in [1.29, 1.82) is 0 Å². The van der Waals surface area contributed by atoms with E-state index in [9.17, 15) is 4.79 Å². The van der Waals surface area contributed by atoms with Crippen molar-refractivity contribution >= 4 is 5.97 Å². The summed E-state index contributed by atoms with van der Waals surface area (Å²) in [6, 6.07) is 8.66. The van der Waals surface area contributed by atoms with Crippen LogP contribution in [0.5, 0.6) is 0 Å². The van der Waals surface area contributed by atoms with E-state index in [0.29, 0.717) is 5.69 Å². The summed E-state index contributed by atoms with van der Waals surface area (Å²) in [4.78, 5) is 14.6. The molecule has 0 aliphatic heterocycles. The van der Waals surface area contributed by atoms with E-state index in [0.717, 1.165) is 11.3 Å². The number of aromatic carboxylic acids is 1. The van der Waals surface area contributed by atoms with Gasteiger partial charge in [0.25, 0.3) is 0 Å². The van der Waals surface area contributed by atoms with Crippen LogP contribution < -0.4 is 0 Å². The van der Waals surface area contributed by atoms with Crippen molar-refractivity contribution < 1.29 is 14.4 Å². The molecule has 7 heteroatoms. The van der Waals surface area contributed by atoms with Crippen molar-refractivity contribution in [2.24, 2.45) is 0 Å². The highest BCUT2D eigenvalue weighted by Gasteiger charge is 2.12. The van der Waals surface area contributed by atoms with Crippen LogP contribution in [-0.4, -0.2) is 31.0 Å². The predicted octanol–water partition coefficient (Wildman–Crippen LogP) is 1.62. The molecule has 0 aliphatic rings. The molecule has 0 saturated carbocycles. The molecule has 0 saturated heterocycles. The van der Waals surface area contributed by atoms with Gasteiger partial charge in [0.1, 0.15) is 18.3 Å². The van der Waals surface area contributed by atoms with Crippen LogP contribution in [-0.2, 0) is 0 Å². The number of hydrogen-bond donors (Lipinski definition) is 1. The van der Waals surface area contributed by atoms with Crippen LogP contribution in [0.2, 0.25) is 0 Å². The molecule has 3 rings (SSSR count). The summed E-state index contributed by atoms with van der Waals surface area (Å²) in [7, 11) is 0. The molecule has 3 aromatic rings. The smallest absolute Gasteiger partial charge is 0.374 e. The number of carboxylic acids is 1. The van der Waals surface area contributed by atoms with E-state index in [4.69, 9.17) is 9.63 Å². The molecule has 7 nitrogen and oxygen atoms in total. The Labute approximate surface area is 107 Å². The van der Waals surface area contributed by atoms with Gasteiger partial charge in [-0.15, -0.1) is 0 Å². The molecule has 19 heavy (non-hydrogen) atoms. The number of carboxylic acid groups (broad SMARTS) is 1. The lowest BCUT2D eigenvalue weighted by atomic mass is 10.1. The summed E-state index contributed by atoms with van der Waals surface area (Å²) in [6.07, 6.45) is 3.04. The second-order valence-corrected chi connectivity index (χ2v) is 3.77. The zero-order valence-corrected chi connectivity index (χ0v) is 9.59. The van der Waals surface area contributed by atoms with Gasteiger partial charge in [0.15, 0.2) is 0 Å². The zero-order chi connectivity index (χ0) is 13.2. The molecule has 0 amide bonds. The summed E-state index contributed by atoms with van der Waals surface area (Å²) >= 11 is 0. The normalized spacial score (nSPS) is 10.5.